The molecule has 0 aromatic heterocycles. The average Bonchev–Trinajstić information content (AvgIpc) is 2.17. The first-order valence-electron chi connectivity index (χ1n) is 5.12. The second-order valence-corrected chi connectivity index (χ2v) is 3.98. The van der Waals surface area contributed by atoms with Crippen molar-refractivity contribution in [2.24, 2.45) is 5.92 Å². The fraction of sp³-hybridized carbons (Fsp3) is 1.00. The van der Waals surface area contributed by atoms with E-state index in [1.54, 1.807) is 0 Å². The van der Waals surface area contributed by atoms with Crippen LogP contribution in [0.5, 0.6) is 0 Å². The summed E-state index contributed by atoms with van der Waals surface area (Å²) in [6, 6.07) is 1.48. The van der Waals surface area contributed by atoms with E-state index in [9.17, 15) is 0 Å². The van der Waals surface area contributed by atoms with Gasteiger partial charge in [0.1, 0.15) is 0 Å². The van der Waals surface area contributed by atoms with E-state index in [0.29, 0.717) is 6.04 Å². The third kappa shape index (κ3) is 2.46. The maximum absolute atomic E-state index is 3.36. The minimum atomic E-state index is 0.697. The topological polar surface area (TPSA) is 24.1 Å². The summed E-state index contributed by atoms with van der Waals surface area (Å²) in [6.07, 6.45) is 5.47. The first kappa shape index (κ1) is 10.0. The van der Waals surface area contributed by atoms with Crippen molar-refractivity contribution in [2.75, 3.05) is 14.1 Å². The summed E-state index contributed by atoms with van der Waals surface area (Å²) >= 11 is 0. The van der Waals surface area contributed by atoms with Crippen LogP contribution in [0.15, 0.2) is 0 Å². The number of rotatable bonds is 3. The molecule has 1 aliphatic carbocycles. The van der Waals surface area contributed by atoms with Crippen LogP contribution in [-0.2, 0) is 0 Å². The molecule has 1 atom stereocenters. The molecule has 1 fully saturated rings. The van der Waals surface area contributed by atoms with Crippen LogP contribution in [0.4, 0.5) is 0 Å². The van der Waals surface area contributed by atoms with E-state index in [4.69, 9.17) is 0 Å². The van der Waals surface area contributed by atoms with Crippen molar-refractivity contribution >= 4 is 0 Å². The van der Waals surface area contributed by atoms with Gasteiger partial charge in [0, 0.05) is 12.1 Å². The highest BCUT2D eigenvalue weighted by Gasteiger charge is 2.23. The summed E-state index contributed by atoms with van der Waals surface area (Å²) < 4.78 is 0. The van der Waals surface area contributed by atoms with E-state index in [-0.39, 0.29) is 0 Å². The molecule has 12 heavy (non-hydrogen) atoms. The zero-order chi connectivity index (χ0) is 8.97. The molecule has 0 spiro atoms. The molecule has 2 N–H and O–H groups in total. The van der Waals surface area contributed by atoms with Gasteiger partial charge in [-0.2, -0.15) is 0 Å². The molecule has 1 saturated carbocycles. The third-order valence-corrected chi connectivity index (χ3v) is 3.34. The van der Waals surface area contributed by atoms with E-state index < -0.39 is 0 Å². The van der Waals surface area contributed by atoms with Gasteiger partial charge in [0.2, 0.25) is 0 Å². The Morgan fingerprint density at radius 1 is 1.08 bits per heavy atom. The molecule has 0 aromatic carbocycles. The molecule has 1 rings (SSSR count). The normalized spacial score (nSPS) is 33.2. The van der Waals surface area contributed by atoms with Gasteiger partial charge in [-0.25, -0.2) is 0 Å². The van der Waals surface area contributed by atoms with Crippen LogP contribution in [0, 0.1) is 5.92 Å². The molecule has 0 aliphatic heterocycles. The maximum atomic E-state index is 3.36. The molecule has 0 saturated heterocycles. The van der Waals surface area contributed by atoms with Gasteiger partial charge in [-0.05, 0) is 52.6 Å². The van der Waals surface area contributed by atoms with Crippen LogP contribution in [-0.4, -0.2) is 26.2 Å². The van der Waals surface area contributed by atoms with Gasteiger partial charge in [0.15, 0.2) is 0 Å². The molecule has 0 bridgehead atoms. The van der Waals surface area contributed by atoms with Crippen molar-refractivity contribution < 1.29 is 0 Å². The van der Waals surface area contributed by atoms with Gasteiger partial charge in [-0.3, -0.25) is 0 Å². The summed E-state index contributed by atoms with van der Waals surface area (Å²) in [5.74, 6) is 0.902. The Morgan fingerprint density at radius 2 is 1.67 bits per heavy atom. The van der Waals surface area contributed by atoms with Crippen LogP contribution < -0.4 is 10.6 Å². The Morgan fingerprint density at radius 3 is 2.08 bits per heavy atom. The minimum absolute atomic E-state index is 0.697. The largest absolute Gasteiger partial charge is 0.317 e. The van der Waals surface area contributed by atoms with Crippen molar-refractivity contribution in [1.29, 1.82) is 0 Å². The number of hydrogen-bond acceptors (Lipinski definition) is 2. The molecule has 0 radical (unpaired) electrons. The molecular formula is C10H22N2. The fourth-order valence-corrected chi connectivity index (χ4v) is 2.14. The Balaban J connectivity index is 2.25. The van der Waals surface area contributed by atoms with Crippen LogP contribution in [0.25, 0.3) is 0 Å². The summed E-state index contributed by atoms with van der Waals surface area (Å²) in [5.41, 5.74) is 0. The first-order valence-corrected chi connectivity index (χ1v) is 5.12. The van der Waals surface area contributed by atoms with Gasteiger partial charge in [0.25, 0.3) is 0 Å². The molecule has 2 heteroatoms. The smallest absolute Gasteiger partial charge is 0.00642 e. The molecule has 72 valence electrons. The molecule has 1 aliphatic rings. The SMILES string of the molecule is CNC1CCC(C(C)NC)CC1. The Labute approximate surface area is 76.1 Å². The maximum Gasteiger partial charge on any atom is 0.00642 e. The van der Waals surface area contributed by atoms with Gasteiger partial charge < -0.3 is 10.6 Å². The summed E-state index contributed by atoms with van der Waals surface area (Å²) in [4.78, 5) is 0. The van der Waals surface area contributed by atoms with Crippen LogP contribution in [0.2, 0.25) is 0 Å². The van der Waals surface area contributed by atoms with Crippen molar-refractivity contribution in [2.45, 2.75) is 44.7 Å². The van der Waals surface area contributed by atoms with Crippen LogP contribution in [0.3, 0.4) is 0 Å². The molecule has 2 nitrogen and oxygen atoms in total. The van der Waals surface area contributed by atoms with E-state index in [1.807, 2.05) is 0 Å². The number of nitrogens with one attached hydrogen (secondary N) is 2. The highest BCUT2D eigenvalue weighted by atomic mass is 14.9. The predicted molar refractivity (Wildman–Crippen MR) is 53.3 cm³/mol. The van der Waals surface area contributed by atoms with Crippen LogP contribution in [0.1, 0.15) is 32.6 Å². The third-order valence-electron chi connectivity index (χ3n) is 3.34. The summed E-state index contributed by atoms with van der Waals surface area (Å²) in [5, 5.41) is 6.71. The van der Waals surface area contributed by atoms with Gasteiger partial charge in [-0.15, -0.1) is 0 Å². The average molecular weight is 170 g/mol. The van der Waals surface area contributed by atoms with E-state index >= 15 is 0 Å². The van der Waals surface area contributed by atoms with Crippen molar-refractivity contribution in [3.63, 3.8) is 0 Å². The highest BCUT2D eigenvalue weighted by Crippen LogP contribution is 2.26. The lowest BCUT2D eigenvalue weighted by Crippen LogP contribution is -2.37. The van der Waals surface area contributed by atoms with E-state index in [0.717, 1.165) is 12.0 Å². The van der Waals surface area contributed by atoms with E-state index in [1.165, 1.54) is 25.7 Å². The summed E-state index contributed by atoms with van der Waals surface area (Å²) in [6.45, 7) is 2.30. The summed E-state index contributed by atoms with van der Waals surface area (Å²) in [7, 11) is 4.14. The zero-order valence-corrected chi connectivity index (χ0v) is 8.56. The van der Waals surface area contributed by atoms with Gasteiger partial charge >= 0.3 is 0 Å². The van der Waals surface area contributed by atoms with Crippen molar-refractivity contribution in [3.8, 4) is 0 Å². The molecule has 1 unspecified atom stereocenters. The van der Waals surface area contributed by atoms with Gasteiger partial charge in [-0.1, -0.05) is 0 Å². The Kier molecular flexibility index (Phi) is 4.02. The lowest BCUT2D eigenvalue weighted by Gasteiger charge is -2.31. The molecular weight excluding hydrogens is 148 g/mol. The lowest BCUT2D eigenvalue weighted by atomic mass is 9.82. The monoisotopic (exact) mass is 170 g/mol. The van der Waals surface area contributed by atoms with Gasteiger partial charge in [0.05, 0.1) is 0 Å². The van der Waals surface area contributed by atoms with Crippen LogP contribution >= 0.6 is 0 Å². The quantitative estimate of drug-likeness (QED) is 0.668. The molecule has 0 aromatic rings. The minimum Gasteiger partial charge on any atom is -0.317 e. The molecule has 0 amide bonds. The fourth-order valence-electron chi connectivity index (χ4n) is 2.14. The Hall–Kier alpha value is -0.0800. The standard InChI is InChI=1S/C10H22N2/c1-8(11-2)9-4-6-10(12-3)7-5-9/h8-12H,4-7H2,1-3H3. The van der Waals surface area contributed by atoms with Crippen molar-refractivity contribution in [3.05, 3.63) is 0 Å². The molecule has 0 heterocycles. The van der Waals surface area contributed by atoms with Crippen molar-refractivity contribution in [1.82, 2.24) is 10.6 Å². The second kappa shape index (κ2) is 4.83. The predicted octanol–water partition coefficient (Wildman–Crippen LogP) is 1.37. The first-order chi connectivity index (χ1) is 5.77. The Bertz CT molecular complexity index is 117. The second-order valence-electron chi connectivity index (χ2n) is 3.98. The lowest BCUT2D eigenvalue weighted by molar-refractivity contribution is 0.255. The zero-order valence-electron chi connectivity index (χ0n) is 8.56. The van der Waals surface area contributed by atoms with E-state index in [2.05, 4.69) is 31.7 Å². The highest BCUT2D eigenvalue weighted by molar-refractivity contribution is 4.80. The number of hydrogen-bond donors (Lipinski definition) is 2.